The predicted octanol–water partition coefficient (Wildman–Crippen LogP) is 2.89. The summed E-state index contributed by atoms with van der Waals surface area (Å²) >= 11 is 5.83. The fraction of sp³-hybridized carbons (Fsp3) is 0.500. The van der Waals surface area contributed by atoms with Gasteiger partial charge < -0.3 is 11.1 Å². The van der Waals surface area contributed by atoms with Crippen molar-refractivity contribution in [3.8, 4) is 0 Å². The maximum atomic E-state index is 12.0. The molecule has 1 aromatic carbocycles. The SMILES string of the molecule is C[C@@H](NC(=O)[C@@H](N)C(C)(C)C)c1ccc(Cl)cc1. The highest BCUT2D eigenvalue weighted by Crippen LogP contribution is 2.20. The molecule has 0 bridgehead atoms. The molecule has 0 unspecified atom stereocenters. The van der Waals surface area contributed by atoms with Crippen LogP contribution in [0, 0.1) is 5.41 Å². The Morgan fingerprint density at radius 3 is 2.22 bits per heavy atom. The fourth-order valence-corrected chi connectivity index (χ4v) is 1.66. The number of hydrogen-bond acceptors (Lipinski definition) is 2. The van der Waals surface area contributed by atoms with Gasteiger partial charge in [-0.3, -0.25) is 4.79 Å². The zero-order valence-electron chi connectivity index (χ0n) is 11.3. The van der Waals surface area contributed by atoms with Crippen molar-refractivity contribution in [3.05, 3.63) is 34.9 Å². The molecule has 1 amide bonds. The van der Waals surface area contributed by atoms with E-state index in [1.54, 1.807) is 0 Å². The van der Waals surface area contributed by atoms with E-state index in [9.17, 15) is 4.79 Å². The van der Waals surface area contributed by atoms with E-state index in [2.05, 4.69) is 5.32 Å². The summed E-state index contributed by atoms with van der Waals surface area (Å²) in [5.41, 5.74) is 6.67. The van der Waals surface area contributed by atoms with Gasteiger partial charge in [0, 0.05) is 5.02 Å². The third kappa shape index (κ3) is 4.00. The monoisotopic (exact) mass is 268 g/mol. The number of halogens is 1. The lowest BCUT2D eigenvalue weighted by atomic mass is 9.86. The number of nitrogens with one attached hydrogen (secondary N) is 1. The molecule has 0 saturated heterocycles. The molecule has 1 rings (SSSR count). The molecule has 0 saturated carbocycles. The third-order valence-electron chi connectivity index (χ3n) is 2.94. The lowest BCUT2D eigenvalue weighted by molar-refractivity contribution is -0.125. The molecular weight excluding hydrogens is 248 g/mol. The number of nitrogens with two attached hydrogens (primary N) is 1. The van der Waals surface area contributed by atoms with Gasteiger partial charge in [0.05, 0.1) is 12.1 Å². The van der Waals surface area contributed by atoms with Gasteiger partial charge in [-0.2, -0.15) is 0 Å². The van der Waals surface area contributed by atoms with E-state index in [1.165, 1.54) is 0 Å². The van der Waals surface area contributed by atoms with Crippen molar-refractivity contribution in [3.63, 3.8) is 0 Å². The first-order valence-corrected chi connectivity index (χ1v) is 6.41. The summed E-state index contributed by atoms with van der Waals surface area (Å²) in [4.78, 5) is 12.0. The van der Waals surface area contributed by atoms with Crippen molar-refractivity contribution in [1.82, 2.24) is 5.32 Å². The van der Waals surface area contributed by atoms with Crippen LogP contribution < -0.4 is 11.1 Å². The average molecular weight is 269 g/mol. The van der Waals surface area contributed by atoms with Crippen LogP contribution >= 0.6 is 11.6 Å². The van der Waals surface area contributed by atoms with E-state index < -0.39 is 6.04 Å². The molecular formula is C14H21ClN2O. The molecule has 0 fully saturated rings. The second-order valence-corrected chi connectivity index (χ2v) is 6.06. The van der Waals surface area contributed by atoms with Crippen LogP contribution in [0.25, 0.3) is 0 Å². The molecule has 3 N–H and O–H groups in total. The Hall–Kier alpha value is -1.06. The standard InChI is InChI=1S/C14H21ClN2O/c1-9(10-5-7-11(15)8-6-10)17-13(18)12(16)14(2,3)4/h5-9,12H,16H2,1-4H3,(H,17,18)/t9-,12-/m1/s1. The molecule has 0 heterocycles. The van der Waals surface area contributed by atoms with Gasteiger partial charge in [0.15, 0.2) is 0 Å². The first-order valence-electron chi connectivity index (χ1n) is 6.03. The molecule has 0 spiro atoms. The summed E-state index contributed by atoms with van der Waals surface area (Å²) in [5.74, 6) is -0.134. The fourth-order valence-electron chi connectivity index (χ4n) is 1.53. The van der Waals surface area contributed by atoms with Crippen molar-refractivity contribution in [1.29, 1.82) is 0 Å². The molecule has 1 aromatic rings. The minimum atomic E-state index is -0.521. The van der Waals surface area contributed by atoms with Crippen molar-refractivity contribution < 1.29 is 4.79 Å². The number of benzene rings is 1. The van der Waals surface area contributed by atoms with Crippen molar-refractivity contribution in [2.45, 2.75) is 39.8 Å². The summed E-state index contributed by atoms with van der Waals surface area (Å²) in [5, 5.41) is 3.60. The second kappa shape index (κ2) is 5.72. The van der Waals surface area contributed by atoms with E-state index in [4.69, 9.17) is 17.3 Å². The molecule has 0 aliphatic carbocycles. The lowest BCUT2D eigenvalue weighted by Gasteiger charge is -2.27. The van der Waals surface area contributed by atoms with Gasteiger partial charge >= 0.3 is 0 Å². The van der Waals surface area contributed by atoms with Gasteiger partial charge in [-0.15, -0.1) is 0 Å². The second-order valence-electron chi connectivity index (χ2n) is 5.63. The molecule has 0 radical (unpaired) electrons. The Morgan fingerprint density at radius 1 is 1.28 bits per heavy atom. The van der Waals surface area contributed by atoms with E-state index in [1.807, 2.05) is 52.0 Å². The van der Waals surface area contributed by atoms with Crippen LogP contribution in [0.15, 0.2) is 24.3 Å². The van der Waals surface area contributed by atoms with Crippen LogP contribution in [0.5, 0.6) is 0 Å². The largest absolute Gasteiger partial charge is 0.348 e. The molecule has 0 aromatic heterocycles. The van der Waals surface area contributed by atoms with Crippen LogP contribution in [0.4, 0.5) is 0 Å². The third-order valence-corrected chi connectivity index (χ3v) is 3.20. The Labute approximate surface area is 114 Å². The van der Waals surface area contributed by atoms with E-state index in [0.717, 1.165) is 5.56 Å². The molecule has 0 aliphatic rings. The van der Waals surface area contributed by atoms with E-state index in [0.29, 0.717) is 5.02 Å². The Bertz CT molecular complexity index is 409. The van der Waals surface area contributed by atoms with Gasteiger partial charge in [0.2, 0.25) is 5.91 Å². The predicted molar refractivity (Wildman–Crippen MR) is 75.4 cm³/mol. The Kier molecular flexibility index (Phi) is 4.77. The Balaban J connectivity index is 2.68. The molecule has 4 heteroatoms. The van der Waals surface area contributed by atoms with Crippen LogP contribution in [0.1, 0.15) is 39.3 Å². The summed E-state index contributed by atoms with van der Waals surface area (Å²) in [6.07, 6.45) is 0. The topological polar surface area (TPSA) is 55.1 Å². The van der Waals surface area contributed by atoms with Crippen LogP contribution in [-0.4, -0.2) is 11.9 Å². The van der Waals surface area contributed by atoms with Gasteiger partial charge in [-0.05, 0) is 30.0 Å². The number of carbonyl (C=O) groups excluding carboxylic acids is 1. The molecule has 3 nitrogen and oxygen atoms in total. The van der Waals surface area contributed by atoms with Crippen molar-refractivity contribution in [2.75, 3.05) is 0 Å². The zero-order chi connectivity index (χ0) is 13.9. The minimum Gasteiger partial charge on any atom is -0.348 e. The smallest absolute Gasteiger partial charge is 0.237 e. The molecule has 18 heavy (non-hydrogen) atoms. The quantitative estimate of drug-likeness (QED) is 0.886. The van der Waals surface area contributed by atoms with Gasteiger partial charge in [-0.25, -0.2) is 0 Å². The van der Waals surface area contributed by atoms with Gasteiger partial charge in [-0.1, -0.05) is 44.5 Å². The summed E-state index contributed by atoms with van der Waals surface area (Å²) in [7, 11) is 0. The van der Waals surface area contributed by atoms with Crippen molar-refractivity contribution >= 4 is 17.5 Å². The van der Waals surface area contributed by atoms with Crippen LogP contribution in [-0.2, 0) is 4.79 Å². The van der Waals surface area contributed by atoms with Gasteiger partial charge in [0.1, 0.15) is 0 Å². The maximum Gasteiger partial charge on any atom is 0.237 e. The van der Waals surface area contributed by atoms with E-state index in [-0.39, 0.29) is 17.4 Å². The minimum absolute atomic E-state index is 0.0804. The first-order chi connectivity index (χ1) is 8.21. The number of amides is 1. The molecule has 2 atom stereocenters. The summed E-state index contributed by atoms with van der Waals surface area (Å²) in [6, 6.07) is 6.81. The van der Waals surface area contributed by atoms with Gasteiger partial charge in [0.25, 0.3) is 0 Å². The normalized spacial score (nSPS) is 15.0. The first kappa shape index (κ1) is 15.0. The average Bonchev–Trinajstić information content (AvgIpc) is 2.27. The number of carbonyl (C=O) groups is 1. The zero-order valence-corrected chi connectivity index (χ0v) is 12.1. The highest BCUT2D eigenvalue weighted by molar-refractivity contribution is 6.30. The molecule has 100 valence electrons. The lowest BCUT2D eigenvalue weighted by Crippen LogP contribution is -2.49. The summed E-state index contributed by atoms with van der Waals surface area (Å²) in [6.45, 7) is 7.77. The van der Waals surface area contributed by atoms with Crippen molar-refractivity contribution in [2.24, 2.45) is 11.1 Å². The molecule has 0 aliphatic heterocycles. The van der Waals surface area contributed by atoms with Crippen LogP contribution in [0.3, 0.4) is 0 Å². The highest BCUT2D eigenvalue weighted by Gasteiger charge is 2.28. The number of hydrogen-bond donors (Lipinski definition) is 2. The Morgan fingerprint density at radius 2 is 1.78 bits per heavy atom. The van der Waals surface area contributed by atoms with E-state index >= 15 is 0 Å². The summed E-state index contributed by atoms with van der Waals surface area (Å²) < 4.78 is 0. The highest BCUT2D eigenvalue weighted by atomic mass is 35.5. The van der Waals surface area contributed by atoms with Crippen LogP contribution in [0.2, 0.25) is 5.02 Å². The number of rotatable bonds is 3. The maximum absolute atomic E-state index is 12.0.